The number of nitrogens with one attached hydrogen (secondary N) is 1. The zero-order valence-corrected chi connectivity index (χ0v) is 15.5. The largest absolute Gasteiger partial charge is 0.496 e. The molecule has 1 N–H and O–H groups in total. The van der Waals surface area contributed by atoms with E-state index in [1.165, 1.54) is 21.3 Å². The van der Waals surface area contributed by atoms with Gasteiger partial charge in [0.25, 0.3) is 5.91 Å². The SMILES string of the molecule is COc1cc(OC)c(C(=O)N[C@H](c2nccn2C)C(C)C)cc1OC. The molecule has 7 heteroatoms. The minimum Gasteiger partial charge on any atom is -0.496 e. The molecule has 0 aliphatic heterocycles. The highest BCUT2D eigenvalue weighted by Gasteiger charge is 2.25. The van der Waals surface area contributed by atoms with E-state index in [0.717, 1.165) is 5.82 Å². The number of carbonyl (C=O) groups excluding carboxylic acids is 1. The zero-order valence-electron chi connectivity index (χ0n) is 15.5. The van der Waals surface area contributed by atoms with Crippen LogP contribution in [0, 0.1) is 5.92 Å². The lowest BCUT2D eigenvalue weighted by Gasteiger charge is -2.23. The Morgan fingerprint density at radius 2 is 1.68 bits per heavy atom. The van der Waals surface area contributed by atoms with Crippen LogP contribution < -0.4 is 19.5 Å². The molecule has 0 saturated carbocycles. The van der Waals surface area contributed by atoms with Gasteiger partial charge in [-0.05, 0) is 5.92 Å². The van der Waals surface area contributed by atoms with E-state index >= 15 is 0 Å². The number of aromatic nitrogens is 2. The molecule has 1 aromatic heterocycles. The van der Waals surface area contributed by atoms with Gasteiger partial charge in [0.2, 0.25) is 0 Å². The van der Waals surface area contributed by atoms with Crippen molar-refractivity contribution in [2.75, 3.05) is 21.3 Å². The minimum atomic E-state index is -0.264. The average molecular weight is 347 g/mol. The molecule has 0 bridgehead atoms. The van der Waals surface area contributed by atoms with Crippen molar-refractivity contribution in [1.82, 2.24) is 14.9 Å². The number of ether oxygens (including phenoxy) is 3. The zero-order chi connectivity index (χ0) is 18.6. The highest BCUT2D eigenvalue weighted by atomic mass is 16.5. The molecule has 0 aliphatic carbocycles. The number of amides is 1. The van der Waals surface area contributed by atoms with Gasteiger partial charge < -0.3 is 24.1 Å². The van der Waals surface area contributed by atoms with E-state index in [1.807, 2.05) is 31.7 Å². The van der Waals surface area contributed by atoms with Crippen LogP contribution in [0.5, 0.6) is 17.2 Å². The van der Waals surface area contributed by atoms with Crippen molar-refractivity contribution in [1.29, 1.82) is 0 Å². The number of hydrogen-bond donors (Lipinski definition) is 1. The van der Waals surface area contributed by atoms with Crippen LogP contribution in [0.3, 0.4) is 0 Å². The molecule has 1 atom stereocenters. The Kier molecular flexibility index (Phi) is 5.90. The molecule has 7 nitrogen and oxygen atoms in total. The number of aryl methyl sites for hydroxylation is 1. The number of hydrogen-bond acceptors (Lipinski definition) is 5. The summed E-state index contributed by atoms with van der Waals surface area (Å²) >= 11 is 0. The Labute approximate surface area is 147 Å². The van der Waals surface area contributed by atoms with Crippen LogP contribution in [-0.2, 0) is 7.05 Å². The topological polar surface area (TPSA) is 74.6 Å². The molecule has 136 valence electrons. The summed E-state index contributed by atoms with van der Waals surface area (Å²) in [5.74, 6) is 2.07. The number of rotatable bonds is 7. The maximum atomic E-state index is 12.9. The second-order valence-corrected chi connectivity index (χ2v) is 6.00. The standard InChI is InChI=1S/C18H25N3O4/c1-11(2)16(17-19-7-8-21(17)3)20-18(22)12-9-14(24-5)15(25-6)10-13(12)23-4/h7-11,16H,1-6H3,(H,20,22)/t16-/m0/s1. The summed E-state index contributed by atoms with van der Waals surface area (Å²) in [4.78, 5) is 17.2. The quantitative estimate of drug-likeness (QED) is 0.833. The third-order valence-corrected chi connectivity index (χ3v) is 4.04. The van der Waals surface area contributed by atoms with E-state index in [2.05, 4.69) is 10.3 Å². The summed E-state index contributed by atoms with van der Waals surface area (Å²) in [7, 11) is 6.47. The minimum absolute atomic E-state index is 0.163. The second-order valence-electron chi connectivity index (χ2n) is 6.00. The van der Waals surface area contributed by atoms with Crippen molar-refractivity contribution < 1.29 is 19.0 Å². The lowest BCUT2D eigenvalue weighted by molar-refractivity contribution is 0.0919. The number of nitrogens with zero attached hydrogens (tertiary/aromatic N) is 2. The third kappa shape index (κ3) is 3.87. The molecule has 0 radical (unpaired) electrons. The first-order chi connectivity index (χ1) is 11.9. The normalized spacial score (nSPS) is 12.0. The first kappa shape index (κ1) is 18.6. The average Bonchev–Trinajstić information content (AvgIpc) is 3.03. The monoisotopic (exact) mass is 347 g/mol. The smallest absolute Gasteiger partial charge is 0.255 e. The van der Waals surface area contributed by atoms with Crippen LogP contribution >= 0.6 is 0 Å². The molecular weight excluding hydrogens is 322 g/mol. The second kappa shape index (κ2) is 7.92. The van der Waals surface area contributed by atoms with Gasteiger partial charge in [0, 0.05) is 31.6 Å². The van der Waals surface area contributed by atoms with E-state index in [4.69, 9.17) is 14.2 Å². The van der Waals surface area contributed by atoms with Crippen LogP contribution in [0.1, 0.15) is 36.1 Å². The van der Waals surface area contributed by atoms with Crippen LogP contribution in [-0.4, -0.2) is 36.8 Å². The van der Waals surface area contributed by atoms with Gasteiger partial charge in [0.05, 0.1) is 32.9 Å². The Bertz CT molecular complexity index is 740. The molecular formula is C18H25N3O4. The van der Waals surface area contributed by atoms with Gasteiger partial charge in [-0.3, -0.25) is 4.79 Å². The van der Waals surface area contributed by atoms with Crippen molar-refractivity contribution in [3.8, 4) is 17.2 Å². The Hall–Kier alpha value is -2.70. The Balaban J connectivity index is 2.37. The van der Waals surface area contributed by atoms with Crippen LogP contribution in [0.25, 0.3) is 0 Å². The molecule has 0 saturated heterocycles. The van der Waals surface area contributed by atoms with E-state index in [1.54, 1.807) is 18.3 Å². The molecule has 2 aromatic rings. The summed E-state index contributed by atoms with van der Waals surface area (Å²) in [6.07, 6.45) is 3.57. The molecule has 1 heterocycles. The highest BCUT2D eigenvalue weighted by Crippen LogP contribution is 2.35. The highest BCUT2D eigenvalue weighted by molar-refractivity contribution is 5.98. The fourth-order valence-electron chi connectivity index (χ4n) is 2.63. The lowest BCUT2D eigenvalue weighted by atomic mass is 10.0. The van der Waals surface area contributed by atoms with Crippen molar-refractivity contribution in [3.05, 3.63) is 35.9 Å². The number of imidazole rings is 1. The van der Waals surface area contributed by atoms with Crippen LogP contribution in [0.2, 0.25) is 0 Å². The predicted molar refractivity (Wildman–Crippen MR) is 94.4 cm³/mol. The van der Waals surface area contributed by atoms with E-state index in [9.17, 15) is 4.79 Å². The molecule has 1 amide bonds. The summed E-state index contributed by atoms with van der Waals surface area (Å²) in [5.41, 5.74) is 0.375. The van der Waals surface area contributed by atoms with Gasteiger partial charge in [0.1, 0.15) is 11.6 Å². The van der Waals surface area contributed by atoms with E-state index in [-0.39, 0.29) is 17.9 Å². The number of methoxy groups -OCH3 is 3. The van der Waals surface area contributed by atoms with Crippen LogP contribution in [0.15, 0.2) is 24.5 Å². The Morgan fingerprint density at radius 1 is 1.08 bits per heavy atom. The fraction of sp³-hybridized carbons (Fsp3) is 0.444. The maximum Gasteiger partial charge on any atom is 0.255 e. The summed E-state index contributed by atoms with van der Waals surface area (Å²) in [6, 6.07) is 3.02. The predicted octanol–water partition coefficient (Wildman–Crippen LogP) is 2.57. The van der Waals surface area contributed by atoms with Gasteiger partial charge in [-0.25, -0.2) is 4.98 Å². The first-order valence-corrected chi connectivity index (χ1v) is 8.01. The van der Waals surface area contributed by atoms with E-state index in [0.29, 0.717) is 22.8 Å². The molecule has 2 rings (SSSR count). The number of benzene rings is 1. The summed E-state index contributed by atoms with van der Waals surface area (Å²) in [6.45, 7) is 4.07. The molecule has 0 spiro atoms. The van der Waals surface area contributed by atoms with E-state index < -0.39 is 0 Å². The lowest BCUT2D eigenvalue weighted by Crippen LogP contribution is -2.33. The number of carbonyl (C=O) groups is 1. The van der Waals surface area contributed by atoms with Gasteiger partial charge in [-0.1, -0.05) is 13.8 Å². The van der Waals surface area contributed by atoms with Gasteiger partial charge >= 0.3 is 0 Å². The fourth-order valence-corrected chi connectivity index (χ4v) is 2.63. The molecule has 0 fully saturated rings. The molecule has 0 unspecified atom stereocenters. The summed E-state index contributed by atoms with van der Waals surface area (Å²) in [5, 5.41) is 3.04. The van der Waals surface area contributed by atoms with Gasteiger partial charge in [-0.15, -0.1) is 0 Å². The summed E-state index contributed by atoms with van der Waals surface area (Å²) < 4.78 is 17.8. The molecule has 1 aromatic carbocycles. The van der Waals surface area contributed by atoms with Crippen LogP contribution in [0.4, 0.5) is 0 Å². The van der Waals surface area contributed by atoms with Crippen molar-refractivity contribution >= 4 is 5.91 Å². The Morgan fingerprint density at radius 3 is 2.16 bits per heavy atom. The third-order valence-electron chi connectivity index (χ3n) is 4.04. The maximum absolute atomic E-state index is 12.9. The van der Waals surface area contributed by atoms with Crippen molar-refractivity contribution in [2.24, 2.45) is 13.0 Å². The van der Waals surface area contributed by atoms with Gasteiger partial charge in [0.15, 0.2) is 11.5 Å². The first-order valence-electron chi connectivity index (χ1n) is 8.01. The van der Waals surface area contributed by atoms with Crippen molar-refractivity contribution in [3.63, 3.8) is 0 Å². The molecule has 25 heavy (non-hydrogen) atoms. The van der Waals surface area contributed by atoms with Gasteiger partial charge in [-0.2, -0.15) is 0 Å². The van der Waals surface area contributed by atoms with Crippen molar-refractivity contribution in [2.45, 2.75) is 19.9 Å². The molecule has 0 aliphatic rings.